The third-order valence-electron chi connectivity index (χ3n) is 2.05. The Labute approximate surface area is 111 Å². The van der Waals surface area contributed by atoms with Gasteiger partial charge in [-0.1, -0.05) is 0 Å². The molecule has 0 radical (unpaired) electrons. The standard InChI is InChI=1S/C10H10N2O6S/c1-18-8(13)2-3-19-9-7(10(14)15)4-6(5-11-9)12(16)17/h4-5H,2-3H2,1H3,(H,14,15). The van der Waals surface area contributed by atoms with Gasteiger partial charge < -0.3 is 9.84 Å². The molecule has 102 valence electrons. The van der Waals surface area contributed by atoms with Crippen LogP contribution in [0.25, 0.3) is 0 Å². The molecule has 9 heteroatoms. The van der Waals surface area contributed by atoms with E-state index in [1.807, 2.05) is 0 Å². The SMILES string of the molecule is COC(=O)CCSc1ncc([N+](=O)[O-])cc1C(=O)O. The molecule has 1 aromatic heterocycles. The van der Waals surface area contributed by atoms with Gasteiger partial charge in [-0.05, 0) is 0 Å². The van der Waals surface area contributed by atoms with Crippen molar-refractivity contribution >= 4 is 29.4 Å². The summed E-state index contributed by atoms with van der Waals surface area (Å²) >= 11 is 1.02. The number of ether oxygens (including phenoxy) is 1. The lowest BCUT2D eigenvalue weighted by Gasteiger charge is -2.04. The molecule has 1 N–H and O–H groups in total. The fraction of sp³-hybridized carbons (Fsp3) is 0.300. The van der Waals surface area contributed by atoms with E-state index in [-0.39, 0.29) is 22.8 Å². The zero-order valence-electron chi connectivity index (χ0n) is 9.86. The highest BCUT2D eigenvalue weighted by molar-refractivity contribution is 7.99. The fourth-order valence-electron chi connectivity index (χ4n) is 1.14. The topological polar surface area (TPSA) is 120 Å². The van der Waals surface area contributed by atoms with E-state index in [1.54, 1.807) is 0 Å². The lowest BCUT2D eigenvalue weighted by atomic mass is 10.3. The predicted molar refractivity (Wildman–Crippen MR) is 65.2 cm³/mol. The third-order valence-corrected chi connectivity index (χ3v) is 3.06. The molecule has 8 nitrogen and oxygen atoms in total. The Morgan fingerprint density at radius 3 is 2.79 bits per heavy atom. The minimum Gasteiger partial charge on any atom is -0.478 e. The molecule has 0 amide bonds. The summed E-state index contributed by atoms with van der Waals surface area (Å²) in [5.74, 6) is -1.46. The number of aromatic carboxylic acids is 1. The van der Waals surface area contributed by atoms with Crippen molar-refractivity contribution in [3.8, 4) is 0 Å². The maximum absolute atomic E-state index is 11.0. The van der Waals surface area contributed by atoms with E-state index in [0.29, 0.717) is 0 Å². The summed E-state index contributed by atoms with van der Waals surface area (Å²) in [7, 11) is 1.25. The minimum absolute atomic E-state index is 0.0961. The lowest BCUT2D eigenvalue weighted by molar-refractivity contribution is -0.385. The zero-order valence-corrected chi connectivity index (χ0v) is 10.7. The van der Waals surface area contributed by atoms with Crippen molar-refractivity contribution < 1.29 is 24.4 Å². The van der Waals surface area contributed by atoms with Gasteiger partial charge in [-0.25, -0.2) is 9.78 Å². The van der Waals surface area contributed by atoms with Gasteiger partial charge in [0, 0.05) is 11.8 Å². The van der Waals surface area contributed by atoms with Crippen molar-refractivity contribution in [1.82, 2.24) is 4.98 Å². The second kappa shape index (κ2) is 6.69. The lowest BCUT2D eigenvalue weighted by Crippen LogP contribution is -2.05. The average molecular weight is 286 g/mol. The van der Waals surface area contributed by atoms with Gasteiger partial charge in [0.25, 0.3) is 5.69 Å². The van der Waals surface area contributed by atoms with E-state index >= 15 is 0 Å². The molecule has 1 rings (SSSR count). The first-order chi connectivity index (χ1) is 8.95. The Kier molecular flexibility index (Phi) is 5.24. The van der Waals surface area contributed by atoms with Gasteiger partial charge in [-0.3, -0.25) is 14.9 Å². The van der Waals surface area contributed by atoms with Gasteiger partial charge in [0.15, 0.2) is 0 Å². The van der Waals surface area contributed by atoms with Crippen molar-refractivity contribution in [2.75, 3.05) is 12.9 Å². The van der Waals surface area contributed by atoms with Gasteiger partial charge in [-0.2, -0.15) is 0 Å². The van der Waals surface area contributed by atoms with E-state index < -0.39 is 22.5 Å². The smallest absolute Gasteiger partial charge is 0.338 e. The van der Waals surface area contributed by atoms with Crippen LogP contribution in [0.3, 0.4) is 0 Å². The van der Waals surface area contributed by atoms with E-state index in [4.69, 9.17) is 5.11 Å². The number of nitro groups is 1. The van der Waals surface area contributed by atoms with Crippen LogP contribution in [0, 0.1) is 10.1 Å². The maximum Gasteiger partial charge on any atom is 0.338 e. The van der Waals surface area contributed by atoms with Crippen LogP contribution in [0.5, 0.6) is 0 Å². The summed E-state index contributed by atoms with van der Waals surface area (Å²) in [4.78, 5) is 35.4. The van der Waals surface area contributed by atoms with Crippen LogP contribution >= 0.6 is 11.8 Å². The number of carboxylic acids is 1. The molecule has 0 atom stereocenters. The van der Waals surface area contributed by atoms with Gasteiger partial charge in [-0.15, -0.1) is 11.8 Å². The summed E-state index contributed by atoms with van der Waals surface area (Å²) in [5.41, 5.74) is -0.654. The zero-order chi connectivity index (χ0) is 14.4. The molecule has 0 spiro atoms. The van der Waals surface area contributed by atoms with Gasteiger partial charge in [0.1, 0.15) is 11.2 Å². The van der Waals surface area contributed by atoms with E-state index in [9.17, 15) is 19.7 Å². The molecule has 1 heterocycles. The third kappa shape index (κ3) is 4.21. The quantitative estimate of drug-likeness (QED) is 0.360. The van der Waals surface area contributed by atoms with Crippen molar-refractivity contribution in [3.63, 3.8) is 0 Å². The Balaban J connectivity index is 2.85. The molecule has 19 heavy (non-hydrogen) atoms. The van der Waals surface area contributed by atoms with Crippen LogP contribution in [-0.4, -0.2) is 39.8 Å². The molecular formula is C10H10N2O6S. The first-order valence-corrected chi connectivity index (χ1v) is 6.01. The van der Waals surface area contributed by atoms with Crippen molar-refractivity contribution in [2.45, 2.75) is 11.4 Å². The van der Waals surface area contributed by atoms with Crippen LogP contribution in [0.4, 0.5) is 5.69 Å². The molecule has 0 aliphatic heterocycles. The Morgan fingerprint density at radius 1 is 1.58 bits per heavy atom. The molecule has 0 fully saturated rings. The van der Waals surface area contributed by atoms with Gasteiger partial charge in [0.05, 0.1) is 24.0 Å². The van der Waals surface area contributed by atoms with Crippen LogP contribution in [0.1, 0.15) is 16.8 Å². The van der Waals surface area contributed by atoms with Crippen LogP contribution in [0.15, 0.2) is 17.3 Å². The van der Waals surface area contributed by atoms with Gasteiger partial charge in [0.2, 0.25) is 0 Å². The highest BCUT2D eigenvalue weighted by Gasteiger charge is 2.18. The number of hydrogen-bond donors (Lipinski definition) is 1. The fourth-order valence-corrected chi connectivity index (χ4v) is 2.03. The number of esters is 1. The Hall–Kier alpha value is -2.16. The van der Waals surface area contributed by atoms with Crippen LogP contribution < -0.4 is 0 Å². The molecule has 0 aliphatic carbocycles. The van der Waals surface area contributed by atoms with Crippen molar-refractivity contribution in [2.24, 2.45) is 0 Å². The Bertz CT molecular complexity index is 519. The number of nitrogens with zero attached hydrogens (tertiary/aromatic N) is 2. The Morgan fingerprint density at radius 2 is 2.26 bits per heavy atom. The molecular weight excluding hydrogens is 276 g/mol. The molecule has 0 saturated carbocycles. The first kappa shape index (κ1) is 14.9. The van der Waals surface area contributed by atoms with E-state index in [2.05, 4.69) is 9.72 Å². The molecule has 0 bridgehead atoms. The van der Waals surface area contributed by atoms with Crippen molar-refractivity contribution in [1.29, 1.82) is 0 Å². The normalized spacial score (nSPS) is 9.95. The minimum atomic E-state index is -1.31. The molecule has 1 aromatic rings. The maximum atomic E-state index is 11.0. The predicted octanol–water partition coefficient (Wildman–Crippen LogP) is 1.34. The van der Waals surface area contributed by atoms with Gasteiger partial charge >= 0.3 is 11.9 Å². The molecule has 0 unspecified atom stereocenters. The molecule has 0 saturated heterocycles. The van der Waals surface area contributed by atoms with Crippen LogP contribution in [0.2, 0.25) is 0 Å². The monoisotopic (exact) mass is 286 g/mol. The number of rotatable bonds is 6. The first-order valence-electron chi connectivity index (χ1n) is 5.03. The number of aromatic nitrogens is 1. The number of hydrogen-bond acceptors (Lipinski definition) is 7. The number of carbonyl (C=O) groups excluding carboxylic acids is 1. The number of carbonyl (C=O) groups is 2. The second-order valence-corrected chi connectivity index (χ2v) is 4.37. The summed E-state index contributed by atoms with van der Waals surface area (Å²) in [6.07, 6.45) is 1.08. The number of thioether (sulfide) groups is 1. The summed E-state index contributed by atoms with van der Waals surface area (Å²) in [6.45, 7) is 0. The summed E-state index contributed by atoms with van der Waals surface area (Å²) < 4.78 is 4.44. The largest absolute Gasteiger partial charge is 0.478 e. The second-order valence-electron chi connectivity index (χ2n) is 3.28. The highest BCUT2D eigenvalue weighted by atomic mass is 32.2. The number of pyridine rings is 1. The summed E-state index contributed by atoms with van der Waals surface area (Å²) in [6, 6.07) is 0.940. The van der Waals surface area contributed by atoms with E-state index in [1.165, 1.54) is 7.11 Å². The highest BCUT2D eigenvalue weighted by Crippen LogP contribution is 2.24. The van der Waals surface area contributed by atoms with Crippen LogP contribution in [-0.2, 0) is 9.53 Å². The molecule has 0 aliphatic rings. The average Bonchev–Trinajstić information content (AvgIpc) is 2.38. The van der Waals surface area contributed by atoms with E-state index in [0.717, 1.165) is 24.0 Å². The summed E-state index contributed by atoms with van der Waals surface area (Å²) in [5, 5.41) is 19.6. The molecule has 0 aromatic carbocycles. The van der Waals surface area contributed by atoms with Crippen molar-refractivity contribution in [3.05, 3.63) is 27.9 Å². The number of carboxylic acid groups (broad SMARTS) is 1. The number of methoxy groups -OCH3 is 1.